The van der Waals surface area contributed by atoms with Crippen molar-refractivity contribution in [1.82, 2.24) is 9.78 Å². The second-order valence-corrected chi connectivity index (χ2v) is 5.42. The molecule has 0 bridgehead atoms. The standard InChI is InChI=1S/C15H20N2/c1-5-17-11-13(10-16-17)12-7-6-8-14(9-12)15(2,3)4/h6-11H,5H2,1-4H3. The Bertz CT molecular complexity index is 504. The molecule has 0 aliphatic heterocycles. The van der Waals surface area contributed by atoms with E-state index in [-0.39, 0.29) is 5.41 Å². The molecule has 1 heterocycles. The smallest absolute Gasteiger partial charge is 0.0568 e. The molecule has 1 aromatic heterocycles. The Morgan fingerprint density at radius 1 is 1.18 bits per heavy atom. The van der Waals surface area contributed by atoms with Gasteiger partial charge < -0.3 is 0 Å². The number of benzene rings is 1. The predicted molar refractivity (Wildman–Crippen MR) is 72.0 cm³/mol. The average molecular weight is 228 g/mol. The molecule has 0 amide bonds. The summed E-state index contributed by atoms with van der Waals surface area (Å²) in [6.07, 6.45) is 4.03. The van der Waals surface area contributed by atoms with Crippen LogP contribution in [0.2, 0.25) is 0 Å². The minimum atomic E-state index is 0.191. The summed E-state index contributed by atoms with van der Waals surface area (Å²) in [5, 5.41) is 4.32. The van der Waals surface area contributed by atoms with E-state index in [1.807, 2.05) is 10.9 Å². The van der Waals surface area contributed by atoms with Gasteiger partial charge in [0.2, 0.25) is 0 Å². The van der Waals surface area contributed by atoms with Crippen molar-refractivity contribution in [2.45, 2.75) is 39.7 Å². The molecule has 2 nitrogen and oxygen atoms in total. The Balaban J connectivity index is 2.39. The van der Waals surface area contributed by atoms with Crippen LogP contribution in [0.3, 0.4) is 0 Å². The molecule has 0 unspecified atom stereocenters. The molecule has 0 atom stereocenters. The van der Waals surface area contributed by atoms with E-state index in [0.717, 1.165) is 6.54 Å². The Morgan fingerprint density at radius 3 is 2.53 bits per heavy atom. The lowest BCUT2D eigenvalue weighted by Crippen LogP contribution is -2.10. The van der Waals surface area contributed by atoms with Crippen molar-refractivity contribution in [3.05, 3.63) is 42.2 Å². The van der Waals surface area contributed by atoms with Gasteiger partial charge in [-0.2, -0.15) is 5.10 Å². The lowest BCUT2D eigenvalue weighted by Gasteiger charge is -2.19. The van der Waals surface area contributed by atoms with Gasteiger partial charge in [-0.1, -0.05) is 45.0 Å². The number of hydrogen-bond donors (Lipinski definition) is 0. The van der Waals surface area contributed by atoms with Crippen molar-refractivity contribution in [3.8, 4) is 11.1 Å². The van der Waals surface area contributed by atoms with Gasteiger partial charge in [-0.3, -0.25) is 4.68 Å². The van der Waals surface area contributed by atoms with E-state index in [0.29, 0.717) is 0 Å². The van der Waals surface area contributed by atoms with Crippen molar-refractivity contribution in [2.75, 3.05) is 0 Å². The summed E-state index contributed by atoms with van der Waals surface area (Å²) >= 11 is 0. The minimum Gasteiger partial charge on any atom is -0.272 e. The van der Waals surface area contributed by atoms with E-state index in [1.54, 1.807) is 0 Å². The molecule has 0 N–H and O–H groups in total. The van der Waals surface area contributed by atoms with Gasteiger partial charge in [0.1, 0.15) is 0 Å². The lowest BCUT2D eigenvalue weighted by molar-refractivity contribution is 0.590. The number of hydrogen-bond acceptors (Lipinski definition) is 1. The molecule has 0 spiro atoms. The van der Waals surface area contributed by atoms with Gasteiger partial charge in [-0.05, 0) is 23.5 Å². The van der Waals surface area contributed by atoms with Crippen molar-refractivity contribution in [2.24, 2.45) is 0 Å². The van der Waals surface area contributed by atoms with Crippen LogP contribution in [0.25, 0.3) is 11.1 Å². The normalized spacial score (nSPS) is 11.8. The maximum absolute atomic E-state index is 4.32. The number of aromatic nitrogens is 2. The minimum absolute atomic E-state index is 0.191. The Kier molecular flexibility index (Phi) is 3.05. The Morgan fingerprint density at radius 2 is 1.94 bits per heavy atom. The maximum atomic E-state index is 4.32. The second-order valence-electron chi connectivity index (χ2n) is 5.42. The molecule has 0 fully saturated rings. The SMILES string of the molecule is CCn1cc(-c2cccc(C(C)(C)C)c2)cn1. The van der Waals surface area contributed by atoms with Gasteiger partial charge in [0.05, 0.1) is 6.20 Å². The van der Waals surface area contributed by atoms with Crippen LogP contribution in [-0.2, 0) is 12.0 Å². The zero-order chi connectivity index (χ0) is 12.5. The van der Waals surface area contributed by atoms with Crippen LogP contribution < -0.4 is 0 Å². The van der Waals surface area contributed by atoms with Gasteiger partial charge in [0.15, 0.2) is 0 Å². The summed E-state index contributed by atoms with van der Waals surface area (Å²) in [7, 11) is 0. The van der Waals surface area contributed by atoms with Gasteiger partial charge >= 0.3 is 0 Å². The van der Waals surface area contributed by atoms with Gasteiger partial charge in [0, 0.05) is 18.3 Å². The third-order valence-electron chi connectivity index (χ3n) is 3.02. The first-order valence-corrected chi connectivity index (χ1v) is 6.14. The summed E-state index contributed by atoms with van der Waals surface area (Å²) in [5.41, 5.74) is 3.99. The van der Waals surface area contributed by atoms with Crippen LogP contribution in [0.4, 0.5) is 0 Å². The largest absolute Gasteiger partial charge is 0.272 e. The monoisotopic (exact) mass is 228 g/mol. The van der Waals surface area contributed by atoms with Gasteiger partial charge in [-0.15, -0.1) is 0 Å². The molecular formula is C15H20N2. The summed E-state index contributed by atoms with van der Waals surface area (Å²) in [5.74, 6) is 0. The van der Waals surface area contributed by atoms with Crippen molar-refractivity contribution < 1.29 is 0 Å². The first kappa shape index (κ1) is 11.9. The van der Waals surface area contributed by atoms with Crippen LogP contribution in [-0.4, -0.2) is 9.78 Å². The third-order valence-corrected chi connectivity index (χ3v) is 3.02. The molecule has 17 heavy (non-hydrogen) atoms. The first-order chi connectivity index (χ1) is 8.00. The highest BCUT2D eigenvalue weighted by Crippen LogP contribution is 2.27. The molecular weight excluding hydrogens is 208 g/mol. The molecule has 2 aromatic rings. The topological polar surface area (TPSA) is 17.8 Å². The van der Waals surface area contributed by atoms with E-state index >= 15 is 0 Å². The van der Waals surface area contributed by atoms with E-state index in [2.05, 4.69) is 63.3 Å². The predicted octanol–water partition coefficient (Wildman–Crippen LogP) is 3.87. The van der Waals surface area contributed by atoms with Crippen LogP contribution >= 0.6 is 0 Å². The highest BCUT2D eigenvalue weighted by Gasteiger charge is 2.14. The van der Waals surface area contributed by atoms with Gasteiger partial charge in [-0.25, -0.2) is 0 Å². The summed E-state index contributed by atoms with van der Waals surface area (Å²) in [4.78, 5) is 0. The van der Waals surface area contributed by atoms with E-state index < -0.39 is 0 Å². The quantitative estimate of drug-likeness (QED) is 0.763. The van der Waals surface area contributed by atoms with Crippen LogP contribution in [0.1, 0.15) is 33.3 Å². The van der Waals surface area contributed by atoms with Crippen molar-refractivity contribution in [3.63, 3.8) is 0 Å². The van der Waals surface area contributed by atoms with E-state index in [4.69, 9.17) is 0 Å². The Hall–Kier alpha value is -1.57. The van der Waals surface area contributed by atoms with Gasteiger partial charge in [0.25, 0.3) is 0 Å². The van der Waals surface area contributed by atoms with E-state index in [9.17, 15) is 0 Å². The van der Waals surface area contributed by atoms with Crippen LogP contribution in [0.5, 0.6) is 0 Å². The summed E-state index contributed by atoms with van der Waals surface area (Å²) in [6.45, 7) is 9.73. The van der Waals surface area contributed by atoms with E-state index in [1.165, 1.54) is 16.7 Å². The number of aryl methyl sites for hydroxylation is 1. The fourth-order valence-corrected chi connectivity index (χ4v) is 1.85. The van der Waals surface area contributed by atoms with Crippen LogP contribution in [0.15, 0.2) is 36.7 Å². The lowest BCUT2D eigenvalue weighted by atomic mass is 9.86. The molecule has 0 radical (unpaired) electrons. The number of rotatable bonds is 2. The zero-order valence-corrected chi connectivity index (χ0v) is 11.1. The van der Waals surface area contributed by atoms with Crippen molar-refractivity contribution in [1.29, 1.82) is 0 Å². The molecule has 0 aliphatic carbocycles. The molecule has 1 aromatic carbocycles. The fraction of sp³-hybridized carbons (Fsp3) is 0.400. The molecule has 0 saturated carbocycles. The molecule has 90 valence electrons. The molecule has 0 aliphatic rings. The third kappa shape index (κ3) is 2.57. The Labute approximate surface area is 103 Å². The first-order valence-electron chi connectivity index (χ1n) is 6.14. The molecule has 2 rings (SSSR count). The summed E-state index contributed by atoms with van der Waals surface area (Å²) in [6, 6.07) is 8.72. The average Bonchev–Trinajstić information content (AvgIpc) is 2.76. The molecule has 2 heteroatoms. The summed E-state index contributed by atoms with van der Waals surface area (Å²) < 4.78 is 1.96. The van der Waals surface area contributed by atoms with Crippen molar-refractivity contribution >= 4 is 0 Å². The zero-order valence-electron chi connectivity index (χ0n) is 11.1. The highest BCUT2D eigenvalue weighted by atomic mass is 15.3. The highest BCUT2D eigenvalue weighted by molar-refractivity contribution is 5.62. The fourth-order valence-electron chi connectivity index (χ4n) is 1.85. The second kappa shape index (κ2) is 4.36. The molecule has 0 saturated heterocycles. The number of nitrogens with zero attached hydrogens (tertiary/aromatic N) is 2. The van der Waals surface area contributed by atoms with Crippen LogP contribution in [0, 0.1) is 0 Å². The maximum Gasteiger partial charge on any atom is 0.0568 e.